The number of H-pyrrole nitrogens is 1. The third-order valence-corrected chi connectivity index (χ3v) is 4.19. The molecule has 1 N–H and O–H groups in total. The van der Waals surface area contributed by atoms with Crippen LogP contribution in [-0.2, 0) is 0 Å². The van der Waals surface area contributed by atoms with Crippen LogP contribution >= 0.6 is 0 Å². The molecule has 0 unspecified atom stereocenters. The van der Waals surface area contributed by atoms with Crippen LogP contribution in [0.4, 0.5) is 5.95 Å². The van der Waals surface area contributed by atoms with Gasteiger partial charge in [-0.2, -0.15) is 4.98 Å². The summed E-state index contributed by atoms with van der Waals surface area (Å²) in [4.78, 5) is 34.7. The lowest BCUT2D eigenvalue weighted by atomic mass is 9.96. The van der Waals surface area contributed by atoms with Crippen molar-refractivity contribution in [2.75, 3.05) is 32.1 Å². The molecule has 2 aromatic rings. The molecule has 1 fully saturated rings. The van der Waals surface area contributed by atoms with Gasteiger partial charge >= 0.3 is 0 Å². The smallest absolute Gasteiger partial charge is 0.265 e. The summed E-state index contributed by atoms with van der Waals surface area (Å²) in [6.45, 7) is 2.98. The SMILES string of the molecule is Cc1cc(C(=O)N2CCC(c3nc(N(C)C)no3)CC2)cc(=O)[nH]1. The first kappa shape index (κ1) is 16.2. The van der Waals surface area contributed by atoms with E-state index in [1.807, 2.05) is 14.1 Å². The number of carbonyl (C=O) groups is 1. The first-order chi connectivity index (χ1) is 11.4. The van der Waals surface area contributed by atoms with Gasteiger partial charge in [-0.3, -0.25) is 9.59 Å². The van der Waals surface area contributed by atoms with Crippen molar-refractivity contribution in [3.63, 3.8) is 0 Å². The first-order valence-electron chi connectivity index (χ1n) is 7.95. The van der Waals surface area contributed by atoms with Crippen LogP contribution in [0.1, 0.15) is 40.7 Å². The van der Waals surface area contributed by atoms with Crippen LogP contribution in [0.3, 0.4) is 0 Å². The molecular formula is C16H21N5O3. The molecule has 1 aliphatic rings. The number of aromatic nitrogens is 3. The molecule has 0 radical (unpaired) electrons. The number of aryl methyl sites for hydroxylation is 1. The highest BCUT2D eigenvalue weighted by molar-refractivity contribution is 5.94. The predicted octanol–water partition coefficient (Wildman–Crippen LogP) is 1.15. The Morgan fingerprint density at radius 1 is 1.33 bits per heavy atom. The van der Waals surface area contributed by atoms with Crippen LogP contribution < -0.4 is 10.5 Å². The van der Waals surface area contributed by atoms with E-state index in [-0.39, 0.29) is 17.4 Å². The fourth-order valence-electron chi connectivity index (χ4n) is 2.89. The summed E-state index contributed by atoms with van der Waals surface area (Å²) in [7, 11) is 3.72. The monoisotopic (exact) mass is 331 g/mol. The van der Waals surface area contributed by atoms with Crippen molar-refractivity contribution >= 4 is 11.9 Å². The van der Waals surface area contributed by atoms with Gasteiger partial charge in [0.1, 0.15) is 0 Å². The van der Waals surface area contributed by atoms with Gasteiger partial charge in [0.2, 0.25) is 11.4 Å². The Hall–Kier alpha value is -2.64. The summed E-state index contributed by atoms with van der Waals surface area (Å²) in [6.07, 6.45) is 1.53. The van der Waals surface area contributed by atoms with Crippen LogP contribution in [0.2, 0.25) is 0 Å². The number of amides is 1. The Morgan fingerprint density at radius 3 is 2.62 bits per heavy atom. The highest BCUT2D eigenvalue weighted by Gasteiger charge is 2.28. The molecule has 8 heteroatoms. The lowest BCUT2D eigenvalue weighted by molar-refractivity contribution is 0.0704. The molecule has 3 rings (SSSR count). The van der Waals surface area contributed by atoms with Crippen molar-refractivity contribution in [1.82, 2.24) is 20.0 Å². The van der Waals surface area contributed by atoms with E-state index in [2.05, 4.69) is 15.1 Å². The zero-order valence-electron chi connectivity index (χ0n) is 14.1. The quantitative estimate of drug-likeness (QED) is 0.906. The van der Waals surface area contributed by atoms with Gasteiger partial charge in [-0.1, -0.05) is 0 Å². The van der Waals surface area contributed by atoms with Crippen molar-refractivity contribution in [2.45, 2.75) is 25.7 Å². The lowest BCUT2D eigenvalue weighted by Crippen LogP contribution is -2.38. The zero-order valence-corrected chi connectivity index (χ0v) is 14.1. The van der Waals surface area contributed by atoms with E-state index in [0.29, 0.717) is 36.2 Å². The van der Waals surface area contributed by atoms with Gasteiger partial charge in [0.05, 0.1) is 0 Å². The average molecular weight is 331 g/mol. The van der Waals surface area contributed by atoms with Crippen LogP contribution in [0.5, 0.6) is 0 Å². The second-order valence-electron chi connectivity index (χ2n) is 6.31. The Labute approximate surface area is 139 Å². The van der Waals surface area contributed by atoms with Gasteiger partial charge in [0.15, 0.2) is 0 Å². The van der Waals surface area contributed by atoms with E-state index < -0.39 is 0 Å². The number of aromatic amines is 1. The molecule has 0 spiro atoms. The number of pyridine rings is 1. The van der Waals surface area contributed by atoms with E-state index >= 15 is 0 Å². The average Bonchev–Trinajstić information content (AvgIpc) is 3.03. The van der Waals surface area contributed by atoms with Crippen molar-refractivity contribution in [3.05, 3.63) is 39.6 Å². The summed E-state index contributed by atoms with van der Waals surface area (Å²) >= 11 is 0. The second-order valence-corrected chi connectivity index (χ2v) is 6.31. The van der Waals surface area contributed by atoms with Crippen LogP contribution in [0.15, 0.2) is 21.5 Å². The molecule has 1 saturated heterocycles. The van der Waals surface area contributed by atoms with Crippen molar-refractivity contribution in [1.29, 1.82) is 0 Å². The van der Waals surface area contributed by atoms with Gasteiger partial charge in [-0.15, -0.1) is 0 Å². The molecule has 0 aliphatic carbocycles. The minimum Gasteiger partial charge on any atom is -0.344 e. The van der Waals surface area contributed by atoms with Gasteiger partial charge in [-0.25, -0.2) is 0 Å². The third-order valence-electron chi connectivity index (χ3n) is 4.19. The van der Waals surface area contributed by atoms with Crippen molar-refractivity contribution < 1.29 is 9.32 Å². The number of likely N-dealkylation sites (tertiary alicyclic amines) is 1. The second kappa shape index (κ2) is 6.46. The van der Waals surface area contributed by atoms with Gasteiger partial charge in [0, 0.05) is 50.4 Å². The molecule has 8 nitrogen and oxygen atoms in total. The largest absolute Gasteiger partial charge is 0.344 e. The summed E-state index contributed by atoms with van der Waals surface area (Å²) in [5.74, 6) is 1.23. The minimum atomic E-state index is -0.254. The standard InChI is InChI=1S/C16H21N5O3/c1-10-8-12(9-13(22)17-10)15(23)21-6-4-11(5-7-21)14-18-16(19-24-14)20(2)3/h8-9,11H,4-7H2,1-3H3,(H,17,22). The highest BCUT2D eigenvalue weighted by Crippen LogP contribution is 2.28. The fourth-order valence-corrected chi connectivity index (χ4v) is 2.89. The number of hydrogen-bond acceptors (Lipinski definition) is 6. The zero-order chi connectivity index (χ0) is 17.3. The number of rotatable bonds is 3. The lowest BCUT2D eigenvalue weighted by Gasteiger charge is -2.30. The molecular weight excluding hydrogens is 310 g/mol. The third kappa shape index (κ3) is 3.32. The van der Waals surface area contributed by atoms with Crippen molar-refractivity contribution in [2.24, 2.45) is 0 Å². The summed E-state index contributed by atoms with van der Waals surface area (Å²) in [5, 5.41) is 3.93. The molecule has 1 amide bonds. The molecule has 0 saturated carbocycles. The molecule has 1 aliphatic heterocycles. The van der Waals surface area contributed by atoms with E-state index in [4.69, 9.17) is 4.52 Å². The number of anilines is 1. The number of nitrogens with one attached hydrogen (secondary N) is 1. The summed E-state index contributed by atoms with van der Waals surface area (Å²) < 4.78 is 5.33. The van der Waals surface area contributed by atoms with Crippen LogP contribution in [0.25, 0.3) is 0 Å². The van der Waals surface area contributed by atoms with E-state index in [1.54, 1.807) is 22.8 Å². The molecule has 3 heterocycles. The maximum atomic E-state index is 12.6. The maximum Gasteiger partial charge on any atom is 0.265 e. The number of hydrogen-bond donors (Lipinski definition) is 1. The van der Waals surface area contributed by atoms with Crippen LogP contribution in [0, 0.1) is 6.92 Å². The topological polar surface area (TPSA) is 95.3 Å². The predicted molar refractivity (Wildman–Crippen MR) is 88.3 cm³/mol. The molecule has 128 valence electrons. The first-order valence-corrected chi connectivity index (χ1v) is 7.95. The molecule has 24 heavy (non-hydrogen) atoms. The number of carbonyl (C=O) groups excluding carboxylic acids is 1. The Bertz CT molecular complexity index is 787. The minimum absolute atomic E-state index is 0.109. The molecule has 0 aromatic carbocycles. The number of piperidine rings is 1. The van der Waals surface area contributed by atoms with Crippen LogP contribution in [-0.4, -0.2) is 53.1 Å². The maximum absolute atomic E-state index is 12.6. The highest BCUT2D eigenvalue weighted by atomic mass is 16.5. The Kier molecular flexibility index (Phi) is 4.37. The molecule has 0 atom stereocenters. The van der Waals surface area contributed by atoms with E-state index in [0.717, 1.165) is 12.8 Å². The van der Waals surface area contributed by atoms with Gasteiger partial charge < -0.3 is 19.3 Å². The van der Waals surface area contributed by atoms with E-state index in [9.17, 15) is 9.59 Å². The molecule has 0 bridgehead atoms. The Morgan fingerprint density at radius 2 is 2.04 bits per heavy atom. The van der Waals surface area contributed by atoms with Gasteiger partial charge in [-0.05, 0) is 31.0 Å². The number of nitrogens with zero attached hydrogens (tertiary/aromatic N) is 4. The summed E-state index contributed by atoms with van der Waals surface area (Å²) in [5.41, 5.74) is 0.862. The molecule has 2 aromatic heterocycles. The normalized spacial score (nSPS) is 15.5. The summed E-state index contributed by atoms with van der Waals surface area (Å²) in [6, 6.07) is 3.06. The van der Waals surface area contributed by atoms with Crippen molar-refractivity contribution in [3.8, 4) is 0 Å². The Balaban J connectivity index is 1.65. The van der Waals surface area contributed by atoms with E-state index in [1.165, 1.54) is 6.07 Å². The van der Waals surface area contributed by atoms with Gasteiger partial charge in [0.25, 0.3) is 11.9 Å². The fraction of sp³-hybridized carbons (Fsp3) is 0.500.